The van der Waals surface area contributed by atoms with Crippen LogP contribution in [0.5, 0.6) is 11.5 Å². The minimum Gasteiger partial charge on any atom is -0.508 e. The molecule has 24 heavy (non-hydrogen) atoms. The molecule has 2 amide bonds. The first-order valence-electron chi connectivity index (χ1n) is 6.91. The number of amides is 2. The molecule has 8 heteroatoms. The molecule has 0 aliphatic carbocycles. The molecule has 0 spiro atoms. The fourth-order valence-corrected chi connectivity index (χ4v) is 2.44. The van der Waals surface area contributed by atoms with Crippen molar-refractivity contribution >= 4 is 35.0 Å². The standard InChI is InChI=1S/C16H14Cl2N2O4/c17-10-1-2-13(14(18)7-10)16(24)20-4-3-19-15(23)9-5-11(21)8-12(22)6-9/h1-2,5-8,21-22H,3-4H2,(H,19,23)(H,20,24). The van der Waals surface area contributed by atoms with Crippen molar-refractivity contribution in [3.05, 3.63) is 57.6 Å². The molecular formula is C16H14Cl2N2O4. The molecule has 0 fully saturated rings. The first kappa shape index (κ1) is 17.9. The second kappa shape index (κ2) is 7.90. The van der Waals surface area contributed by atoms with Crippen LogP contribution in [0, 0.1) is 0 Å². The average molecular weight is 369 g/mol. The van der Waals surface area contributed by atoms with E-state index in [4.69, 9.17) is 23.2 Å². The Hall–Kier alpha value is -2.44. The van der Waals surface area contributed by atoms with Crippen LogP contribution in [0.4, 0.5) is 0 Å². The predicted octanol–water partition coefficient (Wildman–Crippen LogP) is 2.56. The van der Waals surface area contributed by atoms with Gasteiger partial charge in [-0.25, -0.2) is 0 Å². The van der Waals surface area contributed by atoms with E-state index in [-0.39, 0.29) is 46.6 Å². The number of nitrogens with one attached hydrogen (secondary N) is 2. The number of hydrogen-bond donors (Lipinski definition) is 4. The zero-order chi connectivity index (χ0) is 17.7. The van der Waals surface area contributed by atoms with Gasteiger partial charge in [-0.1, -0.05) is 23.2 Å². The Labute approximate surface area is 148 Å². The van der Waals surface area contributed by atoms with Crippen molar-refractivity contribution in [2.75, 3.05) is 13.1 Å². The number of halogens is 2. The van der Waals surface area contributed by atoms with Gasteiger partial charge in [0, 0.05) is 29.7 Å². The third kappa shape index (κ3) is 4.78. The van der Waals surface area contributed by atoms with E-state index < -0.39 is 5.91 Å². The van der Waals surface area contributed by atoms with Crippen molar-refractivity contribution in [3.63, 3.8) is 0 Å². The molecular weight excluding hydrogens is 355 g/mol. The lowest BCUT2D eigenvalue weighted by molar-refractivity contribution is 0.0927. The molecule has 6 nitrogen and oxygen atoms in total. The van der Waals surface area contributed by atoms with E-state index in [9.17, 15) is 19.8 Å². The molecule has 4 N–H and O–H groups in total. The quantitative estimate of drug-likeness (QED) is 0.609. The fraction of sp³-hybridized carbons (Fsp3) is 0.125. The van der Waals surface area contributed by atoms with Crippen molar-refractivity contribution < 1.29 is 19.8 Å². The van der Waals surface area contributed by atoms with Gasteiger partial charge < -0.3 is 20.8 Å². The smallest absolute Gasteiger partial charge is 0.252 e. The van der Waals surface area contributed by atoms with Gasteiger partial charge in [-0.05, 0) is 30.3 Å². The van der Waals surface area contributed by atoms with Crippen LogP contribution in [0.25, 0.3) is 0 Å². The Morgan fingerprint density at radius 1 is 0.875 bits per heavy atom. The highest BCUT2D eigenvalue weighted by molar-refractivity contribution is 6.36. The molecule has 0 aromatic heterocycles. The Morgan fingerprint density at radius 2 is 1.46 bits per heavy atom. The summed E-state index contributed by atoms with van der Waals surface area (Å²) >= 11 is 11.7. The van der Waals surface area contributed by atoms with Crippen LogP contribution in [0.1, 0.15) is 20.7 Å². The van der Waals surface area contributed by atoms with Crippen molar-refractivity contribution in [1.82, 2.24) is 10.6 Å². The van der Waals surface area contributed by atoms with Crippen molar-refractivity contribution in [1.29, 1.82) is 0 Å². The zero-order valence-corrected chi connectivity index (χ0v) is 13.9. The SMILES string of the molecule is O=C(NCCNC(=O)c1ccc(Cl)cc1Cl)c1cc(O)cc(O)c1. The molecule has 0 heterocycles. The summed E-state index contributed by atoms with van der Waals surface area (Å²) in [6.45, 7) is 0.334. The molecule has 2 rings (SSSR count). The Morgan fingerprint density at radius 3 is 2.04 bits per heavy atom. The summed E-state index contributed by atoms with van der Waals surface area (Å²) in [4.78, 5) is 23.8. The first-order valence-corrected chi connectivity index (χ1v) is 7.67. The lowest BCUT2D eigenvalue weighted by Gasteiger charge is -2.09. The number of carbonyl (C=O) groups excluding carboxylic acids is 2. The second-order valence-corrected chi connectivity index (χ2v) is 5.72. The van der Waals surface area contributed by atoms with Gasteiger partial charge in [0.1, 0.15) is 11.5 Å². The summed E-state index contributed by atoms with van der Waals surface area (Å²) in [6.07, 6.45) is 0. The Balaban J connectivity index is 1.84. The van der Waals surface area contributed by atoms with Gasteiger partial charge in [-0.15, -0.1) is 0 Å². The number of phenols is 2. The molecule has 0 saturated carbocycles. The summed E-state index contributed by atoms with van der Waals surface area (Å²) < 4.78 is 0. The number of carbonyl (C=O) groups is 2. The van der Waals surface area contributed by atoms with E-state index in [0.29, 0.717) is 5.02 Å². The number of hydrogen-bond acceptors (Lipinski definition) is 4. The van der Waals surface area contributed by atoms with Crippen molar-refractivity contribution in [3.8, 4) is 11.5 Å². The van der Waals surface area contributed by atoms with Gasteiger partial charge in [0.2, 0.25) is 0 Å². The zero-order valence-electron chi connectivity index (χ0n) is 12.3. The van der Waals surface area contributed by atoms with Crippen molar-refractivity contribution in [2.45, 2.75) is 0 Å². The monoisotopic (exact) mass is 368 g/mol. The second-order valence-electron chi connectivity index (χ2n) is 4.87. The summed E-state index contributed by atoms with van der Waals surface area (Å²) in [5, 5.41) is 24.5. The van der Waals surface area contributed by atoms with E-state index in [1.807, 2.05) is 0 Å². The molecule has 126 valence electrons. The maximum Gasteiger partial charge on any atom is 0.252 e. The van der Waals surface area contributed by atoms with Gasteiger partial charge in [-0.2, -0.15) is 0 Å². The molecule has 0 aliphatic rings. The number of phenolic OH excluding ortho intramolecular Hbond substituents is 2. The lowest BCUT2D eigenvalue weighted by Crippen LogP contribution is -2.34. The van der Waals surface area contributed by atoms with Crippen LogP contribution < -0.4 is 10.6 Å². The first-order chi connectivity index (χ1) is 11.4. The highest BCUT2D eigenvalue weighted by Gasteiger charge is 2.11. The van der Waals surface area contributed by atoms with E-state index in [0.717, 1.165) is 6.07 Å². The van der Waals surface area contributed by atoms with E-state index >= 15 is 0 Å². The molecule has 0 aliphatic heterocycles. The Bertz CT molecular complexity index is 760. The van der Waals surface area contributed by atoms with Gasteiger partial charge in [0.05, 0.1) is 10.6 Å². The topological polar surface area (TPSA) is 98.7 Å². The molecule has 0 saturated heterocycles. The van der Waals surface area contributed by atoms with Crippen LogP contribution in [0.3, 0.4) is 0 Å². The summed E-state index contributed by atoms with van der Waals surface area (Å²) in [5.74, 6) is -1.31. The molecule has 0 unspecified atom stereocenters. The normalized spacial score (nSPS) is 10.2. The Kier molecular flexibility index (Phi) is 5.89. The lowest BCUT2D eigenvalue weighted by atomic mass is 10.2. The van der Waals surface area contributed by atoms with Gasteiger partial charge in [0.15, 0.2) is 0 Å². The molecule has 0 bridgehead atoms. The van der Waals surface area contributed by atoms with Gasteiger partial charge in [0.25, 0.3) is 11.8 Å². The largest absolute Gasteiger partial charge is 0.508 e. The predicted molar refractivity (Wildman–Crippen MR) is 90.9 cm³/mol. The molecule has 2 aromatic rings. The van der Waals surface area contributed by atoms with Crippen LogP contribution >= 0.6 is 23.2 Å². The van der Waals surface area contributed by atoms with E-state index in [1.165, 1.54) is 24.3 Å². The average Bonchev–Trinajstić information content (AvgIpc) is 2.50. The summed E-state index contributed by atoms with van der Waals surface area (Å²) in [5.41, 5.74) is 0.393. The maximum absolute atomic E-state index is 12.0. The van der Waals surface area contributed by atoms with E-state index in [1.54, 1.807) is 6.07 Å². The highest BCUT2D eigenvalue weighted by Crippen LogP contribution is 2.21. The van der Waals surface area contributed by atoms with Crippen LogP contribution in [-0.4, -0.2) is 35.1 Å². The summed E-state index contributed by atoms with van der Waals surface area (Å²) in [6, 6.07) is 8.09. The molecule has 0 radical (unpaired) electrons. The minimum absolute atomic E-state index is 0.111. The highest BCUT2D eigenvalue weighted by atomic mass is 35.5. The number of aromatic hydroxyl groups is 2. The fourth-order valence-electron chi connectivity index (χ4n) is 1.95. The van der Waals surface area contributed by atoms with E-state index in [2.05, 4.69) is 10.6 Å². The molecule has 2 aromatic carbocycles. The third-order valence-corrected chi connectivity index (χ3v) is 3.58. The van der Waals surface area contributed by atoms with Crippen LogP contribution in [0.15, 0.2) is 36.4 Å². The van der Waals surface area contributed by atoms with Gasteiger partial charge >= 0.3 is 0 Å². The minimum atomic E-state index is -0.486. The summed E-state index contributed by atoms with van der Waals surface area (Å²) in [7, 11) is 0. The van der Waals surface area contributed by atoms with Crippen molar-refractivity contribution in [2.24, 2.45) is 0 Å². The maximum atomic E-state index is 12.0. The number of rotatable bonds is 5. The van der Waals surface area contributed by atoms with Crippen LogP contribution in [-0.2, 0) is 0 Å². The number of benzene rings is 2. The van der Waals surface area contributed by atoms with Crippen LogP contribution in [0.2, 0.25) is 10.0 Å². The third-order valence-electron chi connectivity index (χ3n) is 3.04. The molecule has 0 atom stereocenters. The van der Waals surface area contributed by atoms with Gasteiger partial charge in [-0.3, -0.25) is 9.59 Å².